The second-order valence-electron chi connectivity index (χ2n) is 5.26. The summed E-state index contributed by atoms with van der Waals surface area (Å²) >= 11 is 0. The van der Waals surface area contributed by atoms with Crippen LogP contribution in [0.1, 0.15) is 36.0 Å². The molecule has 0 fully saturated rings. The van der Waals surface area contributed by atoms with Crippen LogP contribution in [0.2, 0.25) is 0 Å². The van der Waals surface area contributed by atoms with E-state index >= 15 is 0 Å². The van der Waals surface area contributed by atoms with E-state index in [4.69, 9.17) is 4.42 Å². The van der Waals surface area contributed by atoms with Gasteiger partial charge in [-0.15, -0.1) is 0 Å². The molecule has 3 aromatic rings. The van der Waals surface area contributed by atoms with Crippen molar-refractivity contribution in [2.75, 3.05) is 5.32 Å². The number of oxazole rings is 1. The van der Waals surface area contributed by atoms with Crippen molar-refractivity contribution >= 4 is 22.7 Å². The van der Waals surface area contributed by atoms with Gasteiger partial charge in [0.1, 0.15) is 11.1 Å². The van der Waals surface area contributed by atoms with E-state index in [2.05, 4.69) is 15.3 Å². The third-order valence-corrected chi connectivity index (χ3v) is 3.22. The van der Waals surface area contributed by atoms with Crippen LogP contribution in [-0.2, 0) is 0 Å². The Bertz CT molecular complexity index is 893. The normalized spacial score (nSPS) is 11.0. The number of fused-ring (bicyclic) bond motifs is 1. The minimum atomic E-state index is -0.464. The van der Waals surface area contributed by atoms with Gasteiger partial charge in [0, 0.05) is 17.8 Å². The molecule has 0 aliphatic carbocycles. The number of nitrogens with one attached hydrogen (secondary N) is 2. The molecule has 6 heteroatoms. The molecule has 0 aliphatic heterocycles. The fourth-order valence-corrected chi connectivity index (χ4v) is 2.07. The predicted molar refractivity (Wildman–Crippen MR) is 83.1 cm³/mol. The van der Waals surface area contributed by atoms with Gasteiger partial charge in [0.2, 0.25) is 0 Å². The summed E-state index contributed by atoms with van der Waals surface area (Å²) in [6.45, 7) is 3.99. The lowest BCUT2D eigenvalue weighted by Gasteiger charge is -2.03. The fraction of sp³-hybridized carbons (Fsp3) is 0.188. The number of pyridine rings is 1. The number of amides is 1. The number of anilines is 1. The molecule has 1 aromatic carbocycles. The van der Waals surface area contributed by atoms with Crippen molar-refractivity contribution in [3.8, 4) is 0 Å². The van der Waals surface area contributed by atoms with Crippen LogP contribution in [0.5, 0.6) is 0 Å². The third kappa shape index (κ3) is 2.63. The van der Waals surface area contributed by atoms with Gasteiger partial charge >= 0.3 is 0 Å². The Morgan fingerprint density at radius 3 is 2.86 bits per heavy atom. The SMILES string of the molecule is CC(C)c1nc2cc(NC(=O)c3ccc[nH]c3=O)ccc2o1. The van der Waals surface area contributed by atoms with Crippen LogP contribution in [0.4, 0.5) is 5.69 Å². The van der Waals surface area contributed by atoms with E-state index in [1.165, 1.54) is 12.3 Å². The van der Waals surface area contributed by atoms with Gasteiger partial charge in [-0.25, -0.2) is 4.98 Å². The van der Waals surface area contributed by atoms with E-state index in [1.807, 2.05) is 13.8 Å². The van der Waals surface area contributed by atoms with Crippen LogP contribution in [0, 0.1) is 0 Å². The van der Waals surface area contributed by atoms with Gasteiger partial charge in [0.15, 0.2) is 11.5 Å². The van der Waals surface area contributed by atoms with Crippen molar-refractivity contribution in [3.05, 3.63) is 58.3 Å². The molecular formula is C16H15N3O3. The number of rotatable bonds is 3. The average molecular weight is 297 g/mol. The van der Waals surface area contributed by atoms with E-state index in [-0.39, 0.29) is 11.5 Å². The molecule has 0 saturated carbocycles. The molecule has 0 spiro atoms. The molecule has 1 amide bonds. The number of hydrogen-bond acceptors (Lipinski definition) is 4. The first kappa shape index (κ1) is 14.1. The summed E-state index contributed by atoms with van der Waals surface area (Å²) in [6.07, 6.45) is 1.48. The summed E-state index contributed by atoms with van der Waals surface area (Å²) in [5.41, 5.74) is 1.53. The fourth-order valence-electron chi connectivity index (χ4n) is 2.07. The first-order valence-corrected chi connectivity index (χ1v) is 6.94. The lowest BCUT2D eigenvalue weighted by atomic mass is 10.2. The van der Waals surface area contributed by atoms with Crippen LogP contribution in [0.3, 0.4) is 0 Å². The second-order valence-corrected chi connectivity index (χ2v) is 5.26. The number of benzene rings is 1. The van der Waals surface area contributed by atoms with Gasteiger partial charge < -0.3 is 14.7 Å². The first-order chi connectivity index (χ1) is 10.5. The van der Waals surface area contributed by atoms with Gasteiger partial charge in [-0.1, -0.05) is 13.8 Å². The molecule has 0 unspecified atom stereocenters. The minimum Gasteiger partial charge on any atom is -0.440 e. The predicted octanol–water partition coefficient (Wildman–Crippen LogP) is 2.89. The Morgan fingerprint density at radius 1 is 1.32 bits per heavy atom. The lowest BCUT2D eigenvalue weighted by Crippen LogP contribution is -2.22. The number of nitrogens with zero attached hydrogens (tertiary/aromatic N) is 1. The number of hydrogen-bond donors (Lipinski definition) is 2. The zero-order valence-electron chi connectivity index (χ0n) is 12.2. The summed E-state index contributed by atoms with van der Waals surface area (Å²) in [4.78, 5) is 30.6. The summed E-state index contributed by atoms with van der Waals surface area (Å²) in [5, 5.41) is 2.69. The summed E-state index contributed by atoms with van der Waals surface area (Å²) < 4.78 is 5.61. The third-order valence-electron chi connectivity index (χ3n) is 3.22. The molecule has 2 heterocycles. The topological polar surface area (TPSA) is 88.0 Å². The Labute approximate surface area is 126 Å². The largest absolute Gasteiger partial charge is 0.440 e. The Balaban J connectivity index is 1.89. The van der Waals surface area contributed by atoms with Crippen molar-refractivity contribution in [2.45, 2.75) is 19.8 Å². The van der Waals surface area contributed by atoms with Crippen molar-refractivity contribution in [1.29, 1.82) is 0 Å². The van der Waals surface area contributed by atoms with Gasteiger partial charge in [-0.3, -0.25) is 9.59 Å². The van der Waals surface area contributed by atoms with Crippen molar-refractivity contribution in [2.24, 2.45) is 0 Å². The zero-order chi connectivity index (χ0) is 15.7. The highest BCUT2D eigenvalue weighted by atomic mass is 16.3. The summed E-state index contributed by atoms with van der Waals surface area (Å²) in [5.74, 6) is 0.375. The molecule has 0 radical (unpaired) electrons. The lowest BCUT2D eigenvalue weighted by molar-refractivity contribution is 0.102. The second kappa shape index (κ2) is 5.48. The highest BCUT2D eigenvalue weighted by Gasteiger charge is 2.12. The number of carbonyl (C=O) groups excluding carboxylic acids is 1. The Morgan fingerprint density at radius 2 is 2.14 bits per heavy atom. The molecule has 0 aliphatic rings. The Hall–Kier alpha value is -2.89. The highest BCUT2D eigenvalue weighted by molar-refractivity contribution is 6.04. The van der Waals surface area contributed by atoms with Crippen molar-refractivity contribution in [3.63, 3.8) is 0 Å². The molecule has 22 heavy (non-hydrogen) atoms. The highest BCUT2D eigenvalue weighted by Crippen LogP contribution is 2.23. The van der Waals surface area contributed by atoms with Crippen LogP contribution in [-0.4, -0.2) is 15.9 Å². The number of carbonyl (C=O) groups is 1. The molecule has 112 valence electrons. The molecular weight excluding hydrogens is 282 g/mol. The van der Waals surface area contributed by atoms with Gasteiger partial charge in [-0.2, -0.15) is 0 Å². The van der Waals surface area contributed by atoms with Gasteiger partial charge in [-0.05, 0) is 30.3 Å². The van der Waals surface area contributed by atoms with Crippen molar-refractivity contribution < 1.29 is 9.21 Å². The minimum absolute atomic E-state index is 0.0608. The van der Waals surface area contributed by atoms with Gasteiger partial charge in [0.25, 0.3) is 11.5 Å². The molecule has 2 aromatic heterocycles. The van der Waals surface area contributed by atoms with E-state index in [1.54, 1.807) is 24.3 Å². The molecule has 3 rings (SSSR count). The number of H-pyrrole nitrogens is 1. The molecule has 6 nitrogen and oxygen atoms in total. The van der Waals surface area contributed by atoms with Crippen LogP contribution < -0.4 is 10.9 Å². The molecule has 0 atom stereocenters. The molecule has 2 N–H and O–H groups in total. The standard InChI is InChI=1S/C16H15N3O3/c1-9(2)16-19-12-8-10(5-6-13(12)22-16)18-15(21)11-4-3-7-17-14(11)20/h3-9H,1-2H3,(H,17,20)(H,18,21). The Kier molecular flexibility index (Phi) is 3.50. The van der Waals surface area contributed by atoms with E-state index in [9.17, 15) is 9.59 Å². The van der Waals surface area contributed by atoms with Gasteiger partial charge in [0.05, 0.1) is 0 Å². The van der Waals surface area contributed by atoms with Crippen LogP contribution >= 0.6 is 0 Å². The van der Waals surface area contributed by atoms with Crippen LogP contribution in [0.25, 0.3) is 11.1 Å². The smallest absolute Gasteiger partial charge is 0.261 e. The summed E-state index contributed by atoms with van der Waals surface area (Å²) in [7, 11) is 0. The number of aromatic amines is 1. The molecule has 0 saturated heterocycles. The molecule has 0 bridgehead atoms. The monoisotopic (exact) mass is 297 g/mol. The van der Waals surface area contributed by atoms with Crippen molar-refractivity contribution in [1.82, 2.24) is 9.97 Å². The maximum Gasteiger partial charge on any atom is 0.261 e. The maximum absolute atomic E-state index is 12.1. The van der Waals surface area contributed by atoms with E-state index < -0.39 is 11.5 Å². The van der Waals surface area contributed by atoms with E-state index in [0.717, 1.165) is 0 Å². The quantitative estimate of drug-likeness (QED) is 0.778. The first-order valence-electron chi connectivity index (χ1n) is 6.94. The average Bonchev–Trinajstić information content (AvgIpc) is 2.91. The summed E-state index contributed by atoms with van der Waals surface area (Å²) in [6, 6.07) is 8.26. The maximum atomic E-state index is 12.1. The number of aromatic nitrogens is 2. The zero-order valence-corrected chi connectivity index (χ0v) is 12.2. The van der Waals surface area contributed by atoms with Crippen LogP contribution in [0.15, 0.2) is 45.7 Å². The van der Waals surface area contributed by atoms with E-state index in [0.29, 0.717) is 22.7 Å².